The van der Waals surface area contributed by atoms with Gasteiger partial charge >= 0.3 is 0 Å². The molecule has 0 radical (unpaired) electrons. The van der Waals surface area contributed by atoms with Gasteiger partial charge < -0.3 is 15.4 Å². The summed E-state index contributed by atoms with van der Waals surface area (Å²) >= 11 is 0. The van der Waals surface area contributed by atoms with Crippen molar-refractivity contribution in [2.75, 3.05) is 33.8 Å². The molecule has 5 heteroatoms. The minimum atomic E-state index is -0.455. The Balaban J connectivity index is 1.99. The van der Waals surface area contributed by atoms with Gasteiger partial charge in [-0.3, -0.25) is 9.69 Å². The number of primary amides is 1. The Labute approximate surface area is 139 Å². The van der Waals surface area contributed by atoms with Gasteiger partial charge in [-0.15, -0.1) is 0 Å². The van der Waals surface area contributed by atoms with Gasteiger partial charge in [-0.2, -0.15) is 0 Å². The van der Waals surface area contributed by atoms with Crippen LogP contribution in [0.2, 0.25) is 0 Å². The van der Waals surface area contributed by atoms with E-state index in [1.165, 1.54) is 5.56 Å². The highest BCUT2D eigenvalue weighted by molar-refractivity contribution is 5.75. The van der Waals surface area contributed by atoms with Crippen LogP contribution in [0, 0.1) is 11.8 Å². The van der Waals surface area contributed by atoms with Crippen LogP contribution in [-0.2, 0) is 11.3 Å². The van der Waals surface area contributed by atoms with Crippen LogP contribution in [-0.4, -0.2) is 55.5 Å². The third-order valence-electron chi connectivity index (χ3n) is 4.61. The third-order valence-corrected chi connectivity index (χ3v) is 4.61. The highest BCUT2D eigenvalue weighted by atomic mass is 16.5. The van der Waals surface area contributed by atoms with Crippen molar-refractivity contribution in [3.63, 3.8) is 0 Å². The summed E-state index contributed by atoms with van der Waals surface area (Å²) in [7, 11) is 4.34. The highest BCUT2D eigenvalue weighted by Gasteiger charge is 2.35. The Morgan fingerprint density at radius 2 is 2.13 bits per heavy atom. The van der Waals surface area contributed by atoms with Crippen molar-refractivity contribution in [1.82, 2.24) is 9.80 Å². The molecule has 1 aliphatic heterocycles. The molecule has 2 atom stereocenters. The number of likely N-dealkylation sites (tertiary alicyclic amines) is 1. The maximum Gasteiger partial charge on any atom is 0.255 e. The number of rotatable bonds is 7. The van der Waals surface area contributed by atoms with E-state index in [0.717, 1.165) is 19.6 Å². The molecular weight excluding hydrogens is 290 g/mol. The minimum absolute atomic E-state index is 0.0781. The lowest BCUT2D eigenvalue weighted by Gasteiger charge is -2.27. The molecule has 1 heterocycles. The summed E-state index contributed by atoms with van der Waals surface area (Å²) in [6.07, 6.45) is 0. The van der Waals surface area contributed by atoms with E-state index < -0.39 is 5.91 Å². The topological polar surface area (TPSA) is 58.8 Å². The zero-order chi connectivity index (χ0) is 17.0. The summed E-state index contributed by atoms with van der Waals surface area (Å²) in [5.74, 6) is 1.62. The molecule has 1 fully saturated rings. The first-order valence-corrected chi connectivity index (χ1v) is 8.25. The Morgan fingerprint density at radius 1 is 1.39 bits per heavy atom. The number of hydrogen-bond acceptors (Lipinski definition) is 4. The lowest BCUT2D eigenvalue weighted by Crippen LogP contribution is -2.37. The van der Waals surface area contributed by atoms with Crippen molar-refractivity contribution in [1.29, 1.82) is 0 Å². The molecule has 1 aromatic rings. The Morgan fingerprint density at radius 3 is 2.70 bits per heavy atom. The van der Waals surface area contributed by atoms with E-state index in [0.29, 0.717) is 23.6 Å². The van der Waals surface area contributed by atoms with Crippen molar-refractivity contribution < 1.29 is 9.53 Å². The molecule has 5 nitrogen and oxygen atoms in total. The van der Waals surface area contributed by atoms with Crippen molar-refractivity contribution >= 4 is 5.91 Å². The van der Waals surface area contributed by atoms with Gasteiger partial charge in [0.1, 0.15) is 5.75 Å². The maximum atomic E-state index is 10.8. The third kappa shape index (κ3) is 4.94. The van der Waals surface area contributed by atoms with Gasteiger partial charge in [0.25, 0.3) is 5.91 Å². The zero-order valence-electron chi connectivity index (χ0n) is 14.7. The van der Waals surface area contributed by atoms with Crippen LogP contribution in [0.4, 0.5) is 0 Å². The van der Waals surface area contributed by atoms with Crippen molar-refractivity contribution in [2.24, 2.45) is 17.6 Å². The van der Waals surface area contributed by atoms with Gasteiger partial charge in [0.05, 0.1) is 0 Å². The maximum absolute atomic E-state index is 10.8. The molecule has 0 aliphatic carbocycles. The first-order chi connectivity index (χ1) is 10.9. The van der Waals surface area contributed by atoms with Gasteiger partial charge in [-0.1, -0.05) is 26.0 Å². The summed E-state index contributed by atoms with van der Waals surface area (Å²) in [6.45, 7) is 7.65. The van der Waals surface area contributed by atoms with Gasteiger partial charge in [0.15, 0.2) is 6.61 Å². The fourth-order valence-electron chi connectivity index (χ4n) is 3.37. The lowest BCUT2D eigenvalue weighted by atomic mass is 9.91. The van der Waals surface area contributed by atoms with Crippen LogP contribution in [0.5, 0.6) is 5.75 Å². The second kappa shape index (κ2) is 7.79. The standard InChI is InChI=1S/C18H29N3O2/c1-13(2)16-10-21(11-17(16)20(3)4)9-14-6-5-7-15(8-14)23-12-18(19)22/h5-8,13,16-17H,9-12H2,1-4H3,(H2,19,22)/t16-,17+/m0/s1. The SMILES string of the molecule is CC(C)[C@@H]1CN(Cc2cccc(OCC(N)=O)c2)C[C@H]1N(C)C. The molecule has 128 valence electrons. The summed E-state index contributed by atoms with van der Waals surface area (Å²) in [5.41, 5.74) is 6.32. The van der Waals surface area contributed by atoms with E-state index in [2.05, 4.69) is 43.8 Å². The summed E-state index contributed by atoms with van der Waals surface area (Å²) in [6, 6.07) is 8.52. The van der Waals surface area contributed by atoms with Crippen LogP contribution < -0.4 is 10.5 Å². The van der Waals surface area contributed by atoms with Crippen LogP contribution >= 0.6 is 0 Å². The summed E-state index contributed by atoms with van der Waals surface area (Å²) in [5, 5.41) is 0. The number of nitrogens with zero attached hydrogens (tertiary/aromatic N) is 2. The molecule has 1 aliphatic rings. The monoisotopic (exact) mass is 319 g/mol. The number of likely N-dealkylation sites (N-methyl/N-ethyl adjacent to an activating group) is 1. The molecule has 0 unspecified atom stereocenters. The quantitative estimate of drug-likeness (QED) is 0.829. The van der Waals surface area contributed by atoms with Gasteiger partial charge in [0.2, 0.25) is 0 Å². The number of carbonyl (C=O) groups excluding carboxylic acids is 1. The Hall–Kier alpha value is -1.59. The van der Waals surface area contributed by atoms with E-state index in [4.69, 9.17) is 10.5 Å². The number of hydrogen-bond donors (Lipinski definition) is 1. The molecule has 1 amide bonds. The Kier molecular flexibility index (Phi) is 6.02. The molecular formula is C18H29N3O2. The average molecular weight is 319 g/mol. The Bertz CT molecular complexity index is 515. The fourth-order valence-corrected chi connectivity index (χ4v) is 3.37. The fraction of sp³-hybridized carbons (Fsp3) is 0.611. The number of carbonyl (C=O) groups is 1. The number of nitrogens with two attached hydrogens (primary N) is 1. The normalized spacial score (nSPS) is 22.0. The zero-order valence-corrected chi connectivity index (χ0v) is 14.7. The second-order valence-corrected chi connectivity index (χ2v) is 7.04. The number of benzene rings is 1. The minimum Gasteiger partial charge on any atom is -0.484 e. The van der Waals surface area contributed by atoms with Gasteiger partial charge in [-0.25, -0.2) is 0 Å². The van der Waals surface area contributed by atoms with E-state index in [-0.39, 0.29) is 6.61 Å². The molecule has 0 saturated carbocycles. The molecule has 23 heavy (non-hydrogen) atoms. The molecule has 0 spiro atoms. The van der Waals surface area contributed by atoms with Crippen molar-refractivity contribution in [2.45, 2.75) is 26.4 Å². The largest absolute Gasteiger partial charge is 0.484 e. The molecule has 2 N–H and O–H groups in total. The van der Waals surface area contributed by atoms with E-state index in [9.17, 15) is 4.79 Å². The van der Waals surface area contributed by atoms with Crippen molar-refractivity contribution in [3.8, 4) is 5.75 Å². The first kappa shape index (κ1) is 17.8. The summed E-state index contributed by atoms with van der Waals surface area (Å²) < 4.78 is 5.39. The molecule has 0 aromatic heterocycles. The molecule has 2 rings (SSSR count). The molecule has 1 aromatic carbocycles. The molecule has 0 bridgehead atoms. The number of amides is 1. The predicted molar refractivity (Wildman–Crippen MR) is 92.2 cm³/mol. The highest BCUT2D eigenvalue weighted by Crippen LogP contribution is 2.28. The van der Waals surface area contributed by atoms with E-state index in [1.807, 2.05) is 18.2 Å². The smallest absolute Gasteiger partial charge is 0.255 e. The van der Waals surface area contributed by atoms with Crippen LogP contribution in [0.3, 0.4) is 0 Å². The van der Waals surface area contributed by atoms with E-state index in [1.54, 1.807) is 0 Å². The van der Waals surface area contributed by atoms with Gasteiger partial charge in [0, 0.05) is 25.7 Å². The first-order valence-electron chi connectivity index (χ1n) is 8.25. The predicted octanol–water partition coefficient (Wildman–Crippen LogP) is 1.57. The van der Waals surface area contributed by atoms with Crippen molar-refractivity contribution in [3.05, 3.63) is 29.8 Å². The van der Waals surface area contributed by atoms with Crippen LogP contribution in [0.1, 0.15) is 19.4 Å². The summed E-state index contributed by atoms with van der Waals surface area (Å²) in [4.78, 5) is 15.7. The van der Waals surface area contributed by atoms with Gasteiger partial charge in [-0.05, 0) is 43.6 Å². The lowest BCUT2D eigenvalue weighted by molar-refractivity contribution is -0.119. The van der Waals surface area contributed by atoms with Crippen LogP contribution in [0.25, 0.3) is 0 Å². The molecule has 1 saturated heterocycles. The average Bonchev–Trinajstić information content (AvgIpc) is 2.90. The number of ether oxygens (including phenoxy) is 1. The van der Waals surface area contributed by atoms with Crippen LogP contribution in [0.15, 0.2) is 24.3 Å². The van der Waals surface area contributed by atoms with E-state index >= 15 is 0 Å². The second-order valence-electron chi connectivity index (χ2n) is 7.04.